The Hall–Kier alpha value is -3.25. The van der Waals surface area contributed by atoms with E-state index in [4.69, 9.17) is 18.9 Å². The molecule has 3 aliphatic rings. The number of ether oxygens (including phenoxy) is 4. The summed E-state index contributed by atoms with van der Waals surface area (Å²) in [5, 5.41) is 0. The zero-order chi connectivity index (χ0) is 19.8. The molecule has 0 atom stereocenters. The van der Waals surface area contributed by atoms with Crippen molar-refractivity contribution in [3.05, 3.63) is 58.7 Å². The molecular weight excluding hydrogens is 370 g/mol. The van der Waals surface area contributed by atoms with Gasteiger partial charge in [-0.15, -0.1) is 0 Å². The predicted octanol–water partition coefficient (Wildman–Crippen LogP) is 2.10. The maximum atomic E-state index is 13.2. The number of piperidine rings is 1. The minimum Gasteiger partial charge on any atom is -0.454 e. The molecule has 29 heavy (non-hydrogen) atoms. The van der Waals surface area contributed by atoms with E-state index in [-0.39, 0.29) is 19.4 Å². The molecular formula is C23H22NO5+. The van der Waals surface area contributed by atoms with Gasteiger partial charge in [-0.2, -0.15) is 0 Å². The number of carbonyl (C=O) groups is 1. The van der Waals surface area contributed by atoms with Crippen molar-refractivity contribution in [3.8, 4) is 23.0 Å². The molecule has 0 aromatic heterocycles. The lowest BCUT2D eigenvalue weighted by Gasteiger charge is -2.25. The topological polar surface area (TPSA) is 58.4 Å². The van der Waals surface area contributed by atoms with E-state index in [2.05, 4.69) is 6.92 Å². The molecule has 0 bridgehead atoms. The summed E-state index contributed by atoms with van der Waals surface area (Å²) in [5.41, 5.74) is 3.49. The highest BCUT2D eigenvalue weighted by molar-refractivity contribution is 6.14. The predicted molar refractivity (Wildman–Crippen MR) is 107 cm³/mol. The fourth-order valence-electron chi connectivity index (χ4n) is 3.86. The van der Waals surface area contributed by atoms with Crippen LogP contribution >= 0.6 is 0 Å². The smallest absolute Gasteiger partial charge is 0.231 e. The fraction of sp³-hybridized carbons (Fsp3) is 0.261. The molecule has 1 N–H and O–H groups in total. The summed E-state index contributed by atoms with van der Waals surface area (Å²) < 4.78 is 21.7. The number of benzene rings is 2. The third-order valence-corrected chi connectivity index (χ3v) is 5.44. The highest BCUT2D eigenvalue weighted by Crippen LogP contribution is 2.34. The molecule has 0 spiro atoms. The van der Waals surface area contributed by atoms with Gasteiger partial charge in [0.2, 0.25) is 13.6 Å². The Morgan fingerprint density at radius 2 is 1.28 bits per heavy atom. The number of likely N-dealkylation sites (tertiary alicyclic amines) is 1. The van der Waals surface area contributed by atoms with Gasteiger partial charge in [-0.25, -0.2) is 0 Å². The summed E-state index contributed by atoms with van der Waals surface area (Å²) >= 11 is 0. The number of carbonyl (C=O) groups excluding carboxylic acids is 1. The Morgan fingerprint density at radius 3 is 1.76 bits per heavy atom. The van der Waals surface area contributed by atoms with Crippen LogP contribution in [0.25, 0.3) is 12.2 Å². The third-order valence-electron chi connectivity index (χ3n) is 5.44. The second kappa shape index (κ2) is 7.29. The number of rotatable bonds is 3. The molecule has 3 heterocycles. The van der Waals surface area contributed by atoms with E-state index in [0.29, 0.717) is 13.1 Å². The van der Waals surface area contributed by atoms with Gasteiger partial charge >= 0.3 is 0 Å². The Bertz CT molecular complexity index is 960. The van der Waals surface area contributed by atoms with Crippen LogP contribution < -0.4 is 23.8 Å². The van der Waals surface area contributed by atoms with Crippen LogP contribution in [0.1, 0.15) is 18.1 Å². The minimum absolute atomic E-state index is 0.0949. The van der Waals surface area contributed by atoms with Crippen molar-refractivity contribution >= 4 is 17.9 Å². The van der Waals surface area contributed by atoms with Gasteiger partial charge in [-0.1, -0.05) is 12.1 Å². The number of ketones is 1. The molecule has 0 saturated carbocycles. The average Bonchev–Trinajstić information content (AvgIpc) is 3.39. The molecule has 2 aromatic rings. The summed E-state index contributed by atoms with van der Waals surface area (Å²) in [6.07, 6.45) is 3.93. The number of Topliss-reactive ketones (excluding diaryl/α,β-unsaturated/α-hetero) is 1. The number of likely N-dealkylation sites (N-methyl/N-ethyl adjacent to an activating group) is 1. The van der Waals surface area contributed by atoms with E-state index in [1.807, 2.05) is 48.6 Å². The first-order valence-corrected chi connectivity index (χ1v) is 9.78. The standard InChI is InChI=1S/C23H21NO5/c1-2-24-11-17(7-15-3-5-19-21(9-15)28-13-26-19)23(25)18(12-24)8-16-4-6-20-22(10-16)29-14-27-20/h3-10H,2,11-14H2,1H3/p+1/b17-7+,18-8+. The lowest BCUT2D eigenvalue weighted by Crippen LogP contribution is -3.13. The van der Waals surface area contributed by atoms with Crippen molar-refractivity contribution < 1.29 is 28.6 Å². The van der Waals surface area contributed by atoms with Gasteiger partial charge < -0.3 is 23.8 Å². The molecule has 2 aromatic carbocycles. The van der Waals surface area contributed by atoms with Crippen molar-refractivity contribution in [1.82, 2.24) is 0 Å². The maximum Gasteiger partial charge on any atom is 0.231 e. The van der Waals surface area contributed by atoms with Crippen LogP contribution in [0.4, 0.5) is 0 Å². The van der Waals surface area contributed by atoms with E-state index in [9.17, 15) is 4.79 Å². The average molecular weight is 392 g/mol. The molecule has 6 heteroatoms. The molecule has 6 nitrogen and oxygen atoms in total. The zero-order valence-electron chi connectivity index (χ0n) is 16.2. The first kappa shape index (κ1) is 17.8. The van der Waals surface area contributed by atoms with E-state index in [1.54, 1.807) is 0 Å². The molecule has 0 amide bonds. The van der Waals surface area contributed by atoms with Crippen LogP contribution in [0.3, 0.4) is 0 Å². The Labute approximate surface area is 168 Å². The first-order chi connectivity index (χ1) is 14.2. The van der Waals surface area contributed by atoms with Crippen molar-refractivity contribution in [2.75, 3.05) is 33.2 Å². The van der Waals surface area contributed by atoms with Gasteiger partial charge in [-0.05, 0) is 54.5 Å². The van der Waals surface area contributed by atoms with Gasteiger partial charge in [0.25, 0.3) is 0 Å². The summed E-state index contributed by atoms with van der Waals surface area (Å²) in [4.78, 5) is 14.6. The Kier molecular flexibility index (Phi) is 4.48. The van der Waals surface area contributed by atoms with Crippen molar-refractivity contribution in [2.45, 2.75) is 6.92 Å². The number of nitrogens with one attached hydrogen (secondary N) is 1. The second-order valence-corrected chi connectivity index (χ2v) is 7.35. The van der Waals surface area contributed by atoms with Gasteiger partial charge in [0.15, 0.2) is 28.8 Å². The summed E-state index contributed by atoms with van der Waals surface area (Å²) in [5.74, 6) is 3.02. The summed E-state index contributed by atoms with van der Waals surface area (Å²) in [7, 11) is 0. The normalized spacial score (nSPS) is 22.5. The van der Waals surface area contributed by atoms with Crippen LogP contribution in [0, 0.1) is 0 Å². The second-order valence-electron chi connectivity index (χ2n) is 7.35. The number of quaternary nitrogens is 1. The fourth-order valence-corrected chi connectivity index (χ4v) is 3.86. The van der Waals surface area contributed by atoms with Crippen LogP contribution in [0.15, 0.2) is 47.5 Å². The zero-order valence-corrected chi connectivity index (χ0v) is 16.2. The summed E-state index contributed by atoms with van der Waals surface area (Å²) in [6, 6.07) is 11.5. The first-order valence-electron chi connectivity index (χ1n) is 9.78. The monoisotopic (exact) mass is 392 g/mol. The van der Waals surface area contributed by atoms with E-state index >= 15 is 0 Å². The van der Waals surface area contributed by atoms with E-state index in [1.165, 1.54) is 4.90 Å². The number of fused-ring (bicyclic) bond motifs is 2. The SMILES string of the molecule is CC[NH+]1C/C(=C\c2ccc3c(c2)OCO3)C(=O)/C(=C/c2ccc3c(c2)OCO3)C1. The summed E-state index contributed by atoms with van der Waals surface area (Å²) in [6.45, 7) is 4.99. The van der Waals surface area contributed by atoms with Crippen LogP contribution in [-0.4, -0.2) is 39.0 Å². The largest absolute Gasteiger partial charge is 0.454 e. The van der Waals surface area contributed by atoms with Crippen molar-refractivity contribution in [1.29, 1.82) is 0 Å². The highest BCUT2D eigenvalue weighted by atomic mass is 16.7. The van der Waals surface area contributed by atoms with Crippen LogP contribution in [-0.2, 0) is 4.79 Å². The molecule has 0 unspecified atom stereocenters. The Morgan fingerprint density at radius 1 is 0.793 bits per heavy atom. The molecule has 0 aliphatic carbocycles. The molecule has 3 aliphatic heterocycles. The molecule has 1 saturated heterocycles. The number of hydrogen-bond acceptors (Lipinski definition) is 5. The Balaban J connectivity index is 1.46. The molecule has 1 fully saturated rings. The molecule has 148 valence electrons. The van der Waals surface area contributed by atoms with Gasteiger partial charge in [0.05, 0.1) is 17.7 Å². The lowest BCUT2D eigenvalue weighted by atomic mass is 9.94. The quantitative estimate of drug-likeness (QED) is 0.811. The van der Waals surface area contributed by atoms with Crippen molar-refractivity contribution in [2.24, 2.45) is 0 Å². The molecule has 5 rings (SSSR count). The van der Waals surface area contributed by atoms with Crippen LogP contribution in [0.2, 0.25) is 0 Å². The third kappa shape index (κ3) is 3.47. The highest BCUT2D eigenvalue weighted by Gasteiger charge is 2.29. The van der Waals surface area contributed by atoms with Gasteiger partial charge in [0, 0.05) is 0 Å². The van der Waals surface area contributed by atoms with Crippen LogP contribution in [0.5, 0.6) is 23.0 Å². The van der Waals surface area contributed by atoms with Gasteiger partial charge in [0.1, 0.15) is 13.1 Å². The van der Waals surface area contributed by atoms with E-state index in [0.717, 1.165) is 51.8 Å². The van der Waals surface area contributed by atoms with Gasteiger partial charge in [-0.3, -0.25) is 4.79 Å². The lowest BCUT2D eigenvalue weighted by molar-refractivity contribution is -0.889. The maximum absolute atomic E-state index is 13.2. The minimum atomic E-state index is 0.0949. The molecule has 0 radical (unpaired) electrons. The number of hydrogen-bond donors (Lipinski definition) is 1. The van der Waals surface area contributed by atoms with Crippen molar-refractivity contribution in [3.63, 3.8) is 0 Å². The van der Waals surface area contributed by atoms with E-state index < -0.39 is 0 Å².